The Morgan fingerprint density at radius 1 is 1.22 bits per heavy atom. The summed E-state index contributed by atoms with van der Waals surface area (Å²) in [7, 11) is 0. The van der Waals surface area contributed by atoms with Gasteiger partial charge in [-0.05, 0) is 57.7 Å². The van der Waals surface area contributed by atoms with Crippen molar-refractivity contribution in [3.63, 3.8) is 0 Å². The van der Waals surface area contributed by atoms with Gasteiger partial charge in [-0.2, -0.15) is 0 Å². The molecule has 128 valence electrons. The second kappa shape index (κ2) is 9.12. The zero-order chi connectivity index (χ0) is 17.3. The molecule has 1 aromatic rings. The van der Waals surface area contributed by atoms with Gasteiger partial charge in [0.25, 0.3) is 0 Å². The summed E-state index contributed by atoms with van der Waals surface area (Å²) in [5.74, 6) is 0.296. The lowest BCUT2D eigenvalue weighted by atomic mass is 10.1. The fourth-order valence-corrected chi connectivity index (χ4v) is 2.23. The molecule has 2 heterocycles. The Kier molecular flexibility index (Phi) is 7.51. The minimum absolute atomic E-state index is 0.296. The number of likely N-dealkylation sites (tertiary alicyclic amines) is 1. The number of ether oxygens (including phenoxy) is 1. The van der Waals surface area contributed by atoms with E-state index >= 15 is 0 Å². The molecule has 6 heteroatoms. The summed E-state index contributed by atoms with van der Waals surface area (Å²) in [5, 5.41) is 0. The molecule has 1 aromatic heterocycles. The van der Waals surface area contributed by atoms with E-state index in [1.165, 1.54) is 18.4 Å². The molecule has 0 radical (unpaired) electrons. The van der Waals surface area contributed by atoms with Crippen molar-refractivity contribution >= 4 is 12.0 Å². The van der Waals surface area contributed by atoms with Crippen LogP contribution in [0.2, 0.25) is 0 Å². The third-order valence-corrected chi connectivity index (χ3v) is 3.24. The minimum atomic E-state index is -0.725. The number of aromatic nitrogens is 1. The summed E-state index contributed by atoms with van der Waals surface area (Å²) in [6.07, 6.45) is 6.62. The van der Waals surface area contributed by atoms with Crippen molar-refractivity contribution in [3.8, 4) is 0 Å². The Labute approximate surface area is 138 Å². The first-order valence-corrected chi connectivity index (χ1v) is 7.93. The van der Waals surface area contributed by atoms with Crippen molar-refractivity contribution in [3.05, 3.63) is 30.1 Å². The second-order valence-electron chi connectivity index (χ2n) is 6.48. The summed E-state index contributed by atoms with van der Waals surface area (Å²) in [5.41, 5.74) is 5.46. The van der Waals surface area contributed by atoms with Gasteiger partial charge in [0.15, 0.2) is 0 Å². The Bertz CT molecular complexity index is 492. The highest BCUT2D eigenvalue weighted by molar-refractivity contribution is 5.76. The zero-order valence-corrected chi connectivity index (χ0v) is 14.2. The maximum Gasteiger partial charge on any atom is 0.405 e. The number of carbonyl (C=O) groups excluding carboxylic acids is 2. The highest BCUT2D eigenvalue weighted by Crippen LogP contribution is 2.10. The van der Waals surface area contributed by atoms with Crippen LogP contribution >= 0.6 is 0 Å². The lowest BCUT2D eigenvalue weighted by molar-refractivity contribution is -0.130. The first-order chi connectivity index (χ1) is 10.8. The van der Waals surface area contributed by atoms with Crippen molar-refractivity contribution in [2.75, 3.05) is 13.1 Å². The van der Waals surface area contributed by atoms with Gasteiger partial charge in [0.2, 0.25) is 5.91 Å². The molecule has 6 nitrogen and oxygen atoms in total. The minimum Gasteiger partial charge on any atom is -0.444 e. The SMILES string of the molecule is CC(C)(C)OC(N)=O.O=C(CCc1ccncc1)N1CCCC1. The molecule has 0 aliphatic carbocycles. The Balaban J connectivity index is 0.000000284. The number of amides is 2. The van der Waals surface area contributed by atoms with Crippen LogP contribution in [0.1, 0.15) is 45.6 Å². The second-order valence-corrected chi connectivity index (χ2v) is 6.48. The van der Waals surface area contributed by atoms with Crippen LogP contribution < -0.4 is 5.73 Å². The zero-order valence-electron chi connectivity index (χ0n) is 14.2. The van der Waals surface area contributed by atoms with Gasteiger partial charge < -0.3 is 15.4 Å². The largest absolute Gasteiger partial charge is 0.444 e. The number of aryl methyl sites for hydroxylation is 1. The highest BCUT2D eigenvalue weighted by atomic mass is 16.6. The predicted molar refractivity (Wildman–Crippen MR) is 88.8 cm³/mol. The molecule has 1 aliphatic rings. The number of nitrogens with zero attached hydrogens (tertiary/aromatic N) is 2. The van der Waals surface area contributed by atoms with E-state index in [1.807, 2.05) is 17.0 Å². The standard InChI is InChI=1S/C12H16N2O.C5H11NO2/c15-12(14-9-1-2-10-14)4-3-11-5-7-13-8-6-11;1-5(2,3)8-4(6)7/h5-8H,1-4,9-10H2;1-3H3,(H2,6,7). The van der Waals surface area contributed by atoms with Gasteiger partial charge in [-0.15, -0.1) is 0 Å². The third kappa shape index (κ3) is 8.80. The average Bonchev–Trinajstić information content (AvgIpc) is 2.98. The monoisotopic (exact) mass is 321 g/mol. The van der Waals surface area contributed by atoms with Gasteiger partial charge in [0.05, 0.1) is 0 Å². The number of nitrogens with two attached hydrogens (primary N) is 1. The first kappa shape index (κ1) is 18.9. The molecule has 0 saturated carbocycles. The summed E-state index contributed by atoms with van der Waals surface area (Å²) >= 11 is 0. The van der Waals surface area contributed by atoms with E-state index in [0.717, 1.165) is 19.5 Å². The Morgan fingerprint density at radius 3 is 2.22 bits per heavy atom. The average molecular weight is 321 g/mol. The number of rotatable bonds is 3. The van der Waals surface area contributed by atoms with Crippen molar-refractivity contribution in [1.29, 1.82) is 0 Å². The van der Waals surface area contributed by atoms with Crippen LogP contribution in [0.3, 0.4) is 0 Å². The molecule has 0 atom stereocenters. The van der Waals surface area contributed by atoms with Gasteiger partial charge in [-0.1, -0.05) is 0 Å². The van der Waals surface area contributed by atoms with E-state index in [9.17, 15) is 9.59 Å². The molecule has 2 amide bonds. The lowest BCUT2D eigenvalue weighted by Crippen LogP contribution is -2.27. The molecular weight excluding hydrogens is 294 g/mol. The summed E-state index contributed by atoms with van der Waals surface area (Å²) in [6.45, 7) is 7.19. The molecule has 1 aliphatic heterocycles. The predicted octanol–water partition coefficient (Wildman–Crippen LogP) is 2.52. The quantitative estimate of drug-likeness (QED) is 0.927. The van der Waals surface area contributed by atoms with E-state index < -0.39 is 11.7 Å². The first-order valence-electron chi connectivity index (χ1n) is 7.93. The van der Waals surface area contributed by atoms with E-state index in [2.05, 4.69) is 9.72 Å². The van der Waals surface area contributed by atoms with Crippen LogP contribution in [0, 0.1) is 0 Å². The Morgan fingerprint density at radius 2 is 1.78 bits per heavy atom. The topological polar surface area (TPSA) is 85.5 Å². The van der Waals surface area contributed by atoms with Gasteiger partial charge in [-0.25, -0.2) is 4.79 Å². The number of hydrogen-bond acceptors (Lipinski definition) is 4. The highest BCUT2D eigenvalue weighted by Gasteiger charge is 2.17. The van der Waals surface area contributed by atoms with Crippen molar-refractivity contribution in [2.45, 2.75) is 52.1 Å². The number of primary amides is 1. The van der Waals surface area contributed by atoms with Crippen LogP contribution in [0.15, 0.2) is 24.5 Å². The lowest BCUT2D eigenvalue weighted by Gasteiger charge is -2.16. The summed E-state index contributed by atoms with van der Waals surface area (Å²) in [4.78, 5) is 27.7. The molecule has 2 rings (SSSR count). The molecule has 2 N–H and O–H groups in total. The molecular formula is C17H27N3O3. The van der Waals surface area contributed by atoms with E-state index in [-0.39, 0.29) is 0 Å². The van der Waals surface area contributed by atoms with Crippen LogP contribution in [0.25, 0.3) is 0 Å². The summed E-state index contributed by atoms with van der Waals surface area (Å²) < 4.78 is 4.58. The van der Waals surface area contributed by atoms with Gasteiger partial charge >= 0.3 is 6.09 Å². The molecule has 0 bridgehead atoms. The van der Waals surface area contributed by atoms with Crippen molar-refractivity contribution in [2.24, 2.45) is 5.73 Å². The van der Waals surface area contributed by atoms with Crippen LogP contribution in [0.5, 0.6) is 0 Å². The fourth-order valence-electron chi connectivity index (χ4n) is 2.23. The fraction of sp³-hybridized carbons (Fsp3) is 0.588. The molecule has 1 saturated heterocycles. The van der Waals surface area contributed by atoms with Gasteiger partial charge in [-0.3, -0.25) is 9.78 Å². The molecule has 0 spiro atoms. The van der Waals surface area contributed by atoms with E-state index in [4.69, 9.17) is 5.73 Å². The van der Waals surface area contributed by atoms with Gasteiger partial charge in [0.1, 0.15) is 5.60 Å². The van der Waals surface area contributed by atoms with Crippen LogP contribution in [-0.2, 0) is 16.0 Å². The van der Waals surface area contributed by atoms with Crippen LogP contribution in [0.4, 0.5) is 4.79 Å². The van der Waals surface area contributed by atoms with E-state index in [0.29, 0.717) is 12.3 Å². The van der Waals surface area contributed by atoms with Crippen molar-refractivity contribution in [1.82, 2.24) is 9.88 Å². The molecule has 23 heavy (non-hydrogen) atoms. The number of carbonyl (C=O) groups is 2. The Hall–Kier alpha value is -2.11. The summed E-state index contributed by atoms with van der Waals surface area (Å²) in [6, 6.07) is 3.94. The molecule has 1 fully saturated rings. The maximum atomic E-state index is 11.7. The molecule has 0 unspecified atom stereocenters. The number of pyridine rings is 1. The number of hydrogen-bond donors (Lipinski definition) is 1. The third-order valence-electron chi connectivity index (χ3n) is 3.24. The van der Waals surface area contributed by atoms with Crippen molar-refractivity contribution < 1.29 is 14.3 Å². The molecule has 0 aromatic carbocycles. The normalized spacial score (nSPS) is 14.0. The van der Waals surface area contributed by atoms with Crippen LogP contribution in [-0.4, -0.2) is 40.6 Å². The smallest absolute Gasteiger partial charge is 0.405 e. The maximum absolute atomic E-state index is 11.7. The van der Waals surface area contributed by atoms with E-state index in [1.54, 1.807) is 33.2 Å². The van der Waals surface area contributed by atoms with Gasteiger partial charge in [0, 0.05) is 31.9 Å².